The van der Waals surface area contributed by atoms with Gasteiger partial charge in [0.2, 0.25) is 5.95 Å². The predicted octanol–water partition coefficient (Wildman–Crippen LogP) is 8.24. The number of anilines is 4. The number of benzene rings is 3. The van der Waals surface area contributed by atoms with Gasteiger partial charge in [0.15, 0.2) is 0 Å². The molecule has 3 N–H and O–H groups in total. The van der Waals surface area contributed by atoms with Gasteiger partial charge in [-0.15, -0.1) is 0 Å². The molecular formula is C34H44N6. The molecule has 0 aliphatic rings. The molecule has 0 saturated heterocycles. The summed E-state index contributed by atoms with van der Waals surface area (Å²) in [5.41, 5.74) is 5.44. The van der Waals surface area contributed by atoms with E-state index in [0.717, 1.165) is 40.2 Å². The van der Waals surface area contributed by atoms with E-state index in [1.807, 2.05) is 18.2 Å². The molecule has 0 fully saturated rings. The molecular weight excluding hydrogens is 492 g/mol. The first-order valence-electron chi connectivity index (χ1n) is 14.4. The van der Waals surface area contributed by atoms with Crippen LogP contribution in [-0.4, -0.2) is 26.5 Å². The summed E-state index contributed by atoms with van der Waals surface area (Å²) in [5, 5.41) is 10.5. The van der Waals surface area contributed by atoms with Gasteiger partial charge in [0.1, 0.15) is 11.6 Å². The van der Waals surface area contributed by atoms with Crippen molar-refractivity contribution >= 4 is 23.0 Å². The van der Waals surface area contributed by atoms with Crippen LogP contribution in [-0.2, 0) is 12.8 Å². The first-order valence-corrected chi connectivity index (χ1v) is 14.4. The van der Waals surface area contributed by atoms with Crippen molar-refractivity contribution in [2.75, 3.05) is 16.0 Å². The van der Waals surface area contributed by atoms with Crippen LogP contribution in [0.2, 0.25) is 0 Å². The first-order chi connectivity index (χ1) is 19.1. The van der Waals surface area contributed by atoms with Gasteiger partial charge in [-0.25, -0.2) is 4.98 Å². The molecule has 1 atom stereocenters. The SMILES string of the molecule is CC(C)CCC(C)Nc1ccc(Cc2nc(Cc3ccc(Nc4ccccc4)cc3)nc(NC(C)(C)C)n2)cc1. The second kappa shape index (κ2) is 13.4. The standard InChI is InChI=1S/C34H44N6/c1-24(2)12-13-25(3)35-29-18-14-26(15-19-29)22-31-37-32(39-33(38-31)40-34(4,5)6)23-27-16-20-30(21-17-27)36-28-10-8-7-9-11-28/h7-11,14-21,24-25,35-36H,12-13,22-23H2,1-6H3,(H,37,38,39,40). The maximum absolute atomic E-state index is 4.86. The van der Waals surface area contributed by atoms with E-state index in [-0.39, 0.29) is 5.54 Å². The molecule has 0 spiro atoms. The number of nitrogens with zero attached hydrogens (tertiary/aromatic N) is 3. The summed E-state index contributed by atoms with van der Waals surface area (Å²) >= 11 is 0. The van der Waals surface area contributed by atoms with Crippen molar-refractivity contribution < 1.29 is 0 Å². The lowest BCUT2D eigenvalue weighted by Crippen LogP contribution is -2.28. The van der Waals surface area contributed by atoms with Crippen LogP contribution >= 0.6 is 0 Å². The molecule has 0 saturated carbocycles. The Labute approximate surface area is 240 Å². The van der Waals surface area contributed by atoms with Gasteiger partial charge >= 0.3 is 0 Å². The zero-order valence-corrected chi connectivity index (χ0v) is 24.8. The number of para-hydroxylation sites is 1. The van der Waals surface area contributed by atoms with Crippen LogP contribution in [0.5, 0.6) is 0 Å². The third kappa shape index (κ3) is 9.67. The molecule has 6 heteroatoms. The van der Waals surface area contributed by atoms with E-state index in [1.54, 1.807) is 0 Å². The minimum absolute atomic E-state index is 0.153. The van der Waals surface area contributed by atoms with E-state index in [4.69, 9.17) is 15.0 Å². The second-order valence-electron chi connectivity index (χ2n) is 12.1. The van der Waals surface area contributed by atoms with Crippen molar-refractivity contribution in [2.45, 2.75) is 78.8 Å². The van der Waals surface area contributed by atoms with Crippen LogP contribution in [0.4, 0.5) is 23.0 Å². The van der Waals surface area contributed by atoms with E-state index in [9.17, 15) is 0 Å². The highest BCUT2D eigenvalue weighted by Crippen LogP contribution is 2.20. The Bertz CT molecular complexity index is 1330. The summed E-state index contributed by atoms with van der Waals surface area (Å²) in [4.78, 5) is 14.4. The molecule has 0 aliphatic heterocycles. The highest BCUT2D eigenvalue weighted by molar-refractivity contribution is 5.59. The topological polar surface area (TPSA) is 74.8 Å². The number of rotatable bonds is 12. The summed E-state index contributed by atoms with van der Waals surface area (Å²) in [6.45, 7) is 13.1. The van der Waals surface area contributed by atoms with Gasteiger partial charge in [0.25, 0.3) is 0 Å². The molecule has 0 radical (unpaired) electrons. The molecule has 4 aromatic rings. The third-order valence-electron chi connectivity index (χ3n) is 6.50. The normalized spacial score (nSPS) is 12.3. The maximum Gasteiger partial charge on any atom is 0.226 e. The van der Waals surface area contributed by atoms with Crippen LogP contribution in [0.15, 0.2) is 78.9 Å². The summed E-state index contributed by atoms with van der Waals surface area (Å²) in [6, 6.07) is 27.7. The quantitative estimate of drug-likeness (QED) is 0.169. The predicted molar refractivity (Wildman–Crippen MR) is 169 cm³/mol. The van der Waals surface area contributed by atoms with Crippen LogP contribution in [0, 0.1) is 5.92 Å². The molecule has 6 nitrogen and oxygen atoms in total. The lowest BCUT2D eigenvalue weighted by molar-refractivity contribution is 0.528. The van der Waals surface area contributed by atoms with Crippen molar-refractivity contribution in [3.8, 4) is 0 Å². The van der Waals surface area contributed by atoms with Crippen LogP contribution in [0.25, 0.3) is 0 Å². The Kier molecular flexibility index (Phi) is 9.75. The first kappa shape index (κ1) is 29.1. The molecule has 210 valence electrons. The molecule has 4 rings (SSSR count). The Hall–Kier alpha value is -3.93. The van der Waals surface area contributed by atoms with E-state index in [1.165, 1.54) is 18.4 Å². The second-order valence-corrected chi connectivity index (χ2v) is 12.1. The Morgan fingerprint density at radius 3 is 1.68 bits per heavy atom. The van der Waals surface area contributed by atoms with Crippen molar-refractivity contribution in [3.63, 3.8) is 0 Å². The van der Waals surface area contributed by atoms with E-state index in [0.29, 0.717) is 24.8 Å². The largest absolute Gasteiger partial charge is 0.383 e. The van der Waals surface area contributed by atoms with Gasteiger partial charge in [0.05, 0.1) is 0 Å². The van der Waals surface area contributed by atoms with Gasteiger partial charge < -0.3 is 16.0 Å². The van der Waals surface area contributed by atoms with E-state index >= 15 is 0 Å². The number of hydrogen-bond acceptors (Lipinski definition) is 6. The van der Waals surface area contributed by atoms with Gasteiger partial charge in [0, 0.05) is 41.5 Å². The molecule has 0 amide bonds. The van der Waals surface area contributed by atoms with E-state index < -0.39 is 0 Å². The fraction of sp³-hybridized carbons (Fsp3) is 0.382. The monoisotopic (exact) mass is 536 g/mol. The van der Waals surface area contributed by atoms with Gasteiger partial charge in [-0.3, -0.25) is 0 Å². The maximum atomic E-state index is 4.86. The summed E-state index contributed by atoms with van der Waals surface area (Å²) in [7, 11) is 0. The molecule has 0 aliphatic carbocycles. The van der Waals surface area contributed by atoms with Crippen LogP contribution in [0.1, 0.15) is 77.2 Å². The highest BCUT2D eigenvalue weighted by atomic mass is 15.2. The van der Waals surface area contributed by atoms with Gasteiger partial charge in [-0.05, 0) is 94.0 Å². The van der Waals surface area contributed by atoms with Crippen molar-refractivity contribution in [3.05, 3.63) is 102 Å². The third-order valence-corrected chi connectivity index (χ3v) is 6.50. The lowest BCUT2D eigenvalue weighted by atomic mass is 10.0. The van der Waals surface area contributed by atoms with Crippen molar-refractivity contribution in [1.29, 1.82) is 0 Å². The smallest absolute Gasteiger partial charge is 0.226 e. The number of nitrogens with one attached hydrogen (secondary N) is 3. The van der Waals surface area contributed by atoms with Crippen molar-refractivity contribution in [1.82, 2.24) is 15.0 Å². The van der Waals surface area contributed by atoms with Crippen molar-refractivity contribution in [2.24, 2.45) is 5.92 Å². The fourth-order valence-electron chi connectivity index (χ4n) is 4.44. The molecule has 1 unspecified atom stereocenters. The van der Waals surface area contributed by atoms with Gasteiger partial charge in [-0.1, -0.05) is 56.3 Å². The minimum Gasteiger partial charge on any atom is -0.383 e. The zero-order chi connectivity index (χ0) is 28.5. The van der Waals surface area contributed by atoms with E-state index in [2.05, 4.69) is 118 Å². The zero-order valence-electron chi connectivity index (χ0n) is 24.8. The minimum atomic E-state index is -0.153. The summed E-state index contributed by atoms with van der Waals surface area (Å²) < 4.78 is 0. The average Bonchev–Trinajstić information content (AvgIpc) is 2.89. The molecule has 3 aromatic carbocycles. The molecule has 0 bridgehead atoms. The van der Waals surface area contributed by atoms with Crippen LogP contribution in [0.3, 0.4) is 0 Å². The van der Waals surface area contributed by atoms with Crippen LogP contribution < -0.4 is 16.0 Å². The Balaban J connectivity index is 1.45. The fourth-order valence-corrected chi connectivity index (χ4v) is 4.44. The molecule has 1 aromatic heterocycles. The molecule has 1 heterocycles. The number of aromatic nitrogens is 3. The average molecular weight is 537 g/mol. The summed E-state index contributed by atoms with van der Waals surface area (Å²) in [6.07, 6.45) is 3.69. The lowest BCUT2D eigenvalue weighted by Gasteiger charge is -2.21. The number of hydrogen-bond donors (Lipinski definition) is 3. The summed E-state index contributed by atoms with van der Waals surface area (Å²) in [5.74, 6) is 2.88. The highest BCUT2D eigenvalue weighted by Gasteiger charge is 2.15. The van der Waals surface area contributed by atoms with Gasteiger partial charge in [-0.2, -0.15) is 9.97 Å². The Morgan fingerprint density at radius 2 is 1.15 bits per heavy atom. The Morgan fingerprint density at radius 1 is 0.625 bits per heavy atom. The molecule has 40 heavy (non-hydrogen) atoms.